The largest absolute Gasteiger partial charge is 0.377 e. The van der Waals surface area contributed by atoms with E-state index in [1.807, 2.05) is 13.8 Å². The number of hydrogen-bond acceptors (Lipinski definition) is 6. The van der Waals surface area contributed by atoms with Crippen molar-refractivity contribution in [2.75, 3.05) is 13.1 Å². The fraction of sp³-hybridized carbons (Fsp3) is 0.308. The van der Waals surface area contributed by atoms with E-state index in [2.05, 4.69) is 10.1 Å². The molecule has 9 heteroatoms. The van der Waals surface area contributed by atoms with Crippen molar-refractivity contribution in [2.45, 2.75) is 19.0 Å². The smallest absolute Gasteiger partial charge is 0.377 e. The maximum absolute atomic E-state index is 12.1. The van der Waals surface area contributed by atoms with Gasteiger partial charge in [-0.2, -0.15) is 13.1 Å². The first-order valence-electron chi connectivity index (χ1n) is 6.68. The topological polar surface area (TPSA) is 94.4 Å². The predicted molar refractivity (Wildman–Crippen MR) is 78.0 cm³/mol. The van der Waals surface area contributed by atoms with Gasteiger partial charge in [-0.3, -0.25) is 0 Å². The second-order valence-corrected chi connectivity index (χ2v) is 5.72. The van der Waals surface area contributed by atoms with Crippen molar-refractivity contribution in [3.8, 4) is 5.75 Å². The summed E-state index contributed by atoms with van der Waals surface area (Å²) in [6.07, 6.45) is 1.06. The molecular formula is C13H16N4O4S. The Morgan fingerprint density at radius 1 is 1.23 bits per heavy atom. The Kier molecular flexibility index (Phi) is 4.76. The van der Waals surface area contributed by atoms with Gasteiger partial charge in [-0.05, 0) is 26.0 Å². The molecule has 0 saturated heterocycles. The van der Waals surface area contributed by atoms with E-state index in [1.54, 1.807) is 18.2 Å². The Labute approximate surface area is 128 Å². The minimum Gasteiger partial charge on any atom is -0.377 e. The molecule has 22 heavy (non-hydrogen) atoms. The number of benzene rings is 1. The highest BCUT2D eigenvalue weighted by Crippen LogP contribution is 2.15. The van der Waals surface area contributed by atoms with Gasteiger partial charge in [-0.25, -0.2) is 9.78 Å². The number of carbonyl (C=O) groups excluding carboxylic acids is 1. The minimum atomic E-state index is -4.18. The molecule has 0 radical (unpaired) electrons. The van der Waals surface area contributed by atoms with Crippen LogP contribution >= 0.6 is 0 Å². The van der Waals surface area contributed by atoms with Crippen molar-refractivity contribution < 1.29 is 17.4 Å². The maximum atomic E-state index is 12.1. The third-order valence-electron chi connectivity index (χ3n) is 2.87. The summed E-state index contributed by atoms with van der Waals surface area (Å²) >= 11 is 0. The normalized spacial score (nSPS) is 11.2. The van der Waals surface area contributed by atoms with Crippen molar-refractivity contribution in [3.63, 3.8) is 0 Å². The molecule has 1 amide bonds. The van der Waals surface area contributed by atoms with Gasteiger partial charge in [0, 0.05) is 13.1 Å². The Hall–Kier alpha value is -2.42. The molecule has 2 rings (SSSR count). The van der Waals surface area contributed by atoms with Crippen LogP contribution in [-0.4, -0.2) is 47.2 Å². The van der Waals surface area contributed by atoms with Gasteiger partial charge >= 0.3 is 21.3 Å². The van der Waals surface area contributed by atoms with E-state index in [9.17, 15) is 13.2 Å². The second kappa shape index (κ2) is 6.56. The number of aromatic nitrogens is 3. The number of amides is 1. The van der Waals surface area contributed by atoms with Gasteiger partial charge in [0.1, 0.15) is 12.1 Å². The average Bonchev–Trinajstić information content (AvgIpc) is 2.99. The molecule has 0 saturated carbocycles. The van der Waals surface area contributed by atoms with Crippen LogP contribution in [0.1, 0.15) is 13.8 Å². The quantitative estimate of drug-likeness (QED) is 0.771. The molecule has 0 aliphatic heterocycles. The van der Waals surface area contributed by atoms with E-state index in [-0.39, 0.29) is 5.75 Å². The van der Waals surface area contributed by atoms with Crippen LogP contribution in [0.3, 0.4) is 0 Å². The van der Waals surface area contributed by atoms with Crippen molar-refractivity contribution in [1.29, 1.82) is 0 Å². The molecule has 0 spiro atoms. The summed E-state index contributed by atoms with van der Waals surface area (Å²) < 4.78 is 29.9. The summed E-state index contributed by atoms with van der Waals surface area (Å²) in [7, 11) is -4.18. The lowest BCUT2D eigenvalue weighted by Crippen LogP contribution is -2.34. The average molecular weight is 324 g/mol. The summed E-state index contributed by atoms with van der Waals surface area (Å²) in [6.45, 7) is 4.60. The Bertz CT molecular complexity index is 738. The third kappa shape index (κ3) is 3.42. The van der Waals surface area contributed by atoms with E-state index < -0.39 is 21.3 Å². The lowest BCUT2D eigenvalue weighted by atomic mass is 10.3. The number of para-hydroxylation sites is 1. The van der Waals surface area contributed by atoms with Gasteiger partial charge in [0.15, 0.2) is 0 Å². The van der Waals surface area contributed by atoms with Crippen molar-refractivity contribution >= 4 is 16.1 Å². The molecular weight excluding hydrogens is 308 g/mol. The van der Waals surface area contributed by atoms with Crippen LogP contribution < -0.4 is 4.18 Å². The molecule has 1 aromatic carbocycles. The summed E-state index contributed by atoms with van der Waals surface area (Å²) in [5.74, 6) is 0.147. The second-order valence-electron chi connectivity index (χ2n) is 4.28. The van der Waals surface area contributed by atoms with Gasteiger partial charge in [0.05, 0.1) is 0 Å². The van der Waals surface area contributed by atoms with E-state index in [0.717, 1.165) is 11.0 Å². The molecule has 0 aliphatic rings. The van der Waals surface area contributed by atoms with Crippen LogP contribution in [-0.2, 0) is 10.1 Å². The summed E-state index contributed by atoms with van der Waals surface area (Å²) in [4.78, 5) is 17.2. The van der Waals surface area contributed by atoms with Crippen molar-refractivity contribution in [1.82, 2.24) is 19.7 Å². The molecule has 1 aromatic heterocycles. The summed E-state index contributed by atoms with van der Waals surface area (Å²) in [6, 6.07) is 7.56. The van der Waals surface area contributed by atoms with Gasteiger partial charge in [-0.1, -0.05) is 18.2 Å². The highest BCUT2D eigenvalue weighted by atomic mass is 32.2. The van der Waals surface area contributed by atoms with Gasteiger partial charge in [0.2, 0.25) is 0 Å². The Morgan fingerprint density at radius 2 is 1.86 bits per heavy atom. The van der Waals surface area contributed by atoms with E-state index in [1.165, 1.54) is 17.0 Å². The van der Waals surface area contributed by atoms with Gasteiger partial charge < -0.3 is 9.08 Å². The molecule has 0 N–H and O–H groups in total. The summed E-state index contributed by atoms with van der Waals surface area (Å²) in [5, 5.41) is 3.14. The number of hydrogen-bond donors (Lipinski definition) is 0. The fourth-order valence-electron chi connectivity index (χ4n) is 1.73. The lowest BCUT2D eigenvalue weighted by molar-refractivity contribution is 0.201. The number of carbonyl (C=O) groups is 1. The maximum Gasteiger partial charge on any atom is 0.377 e. The zero-order chi connectivity index (χ0) is 16.2. The molecule has 0 atom stereocenters. The molecule has 8 nitrogen and oxygen atoms in total. The Morgan fingerprint density at radius 3 is 2.45 bits per heavy atom. The van der Waals surface area contributed by atoms with Crippen LogP contribution in [0.5, 0.6) is 5.75 Å². The lowest BCUT2D eigenvalue weighted by Gasteiger charge is -2.17. The third-order valence-corrected chi connectivity index (χ3v) is 3.92. The van der Waals surface area contributed by atoms with Crippen molar-refractivity contribution in [3.05, 3.63) is 36.7 Å². The molecule has 0 aliphatic carbocycles. The first-order valence-corrected chi connectivity index (χ1v) is 8.09. The SMILES string of the molecule is CCN(CC)C(=O)n1cnc(S(=O)(=O)Oc2ccccc2)n1. The highest BCUT2D eigenvalue weighted by Gasteiger charge is 2.24. The number of rotatable bonds is 5. The van der Waals surface area contributed by atoms with Crippen LogP contribution in [0.25, 0.3) is 0 Å². The van der Waals surface area contributed by atoms with E-state index in [0.29, 0.717) is 13.1 Å². The minimum absolute atomic E-state index is 0.147. The zero-order valence-corrected chi connectivity index (χ0v) is 13.0. The van der Waals surface area contributed by atoms with Gasteiger partial charge in [0.25, 0.3) is 0 Å². The molecule has 0 fully saturated rings. The van der Waals surface area contributed by atoms with Crippen LogP contribution in [0.2, 0.25) is 0 Å². The van der Waals surface area contributed by atoms with Crippen LogP contribution in [0.15, 0.2) is 41.8 Å². The van der Waals surface area contributed by atoms with Crippen LogP contribution in [0, 0.1) is 0 Å². The fourth-order valence-corrected chi connectivity index (χ4v) is 2.54. The monoisotopic (exact) mass is 324 g/mol. The first-order chi connectivity index (χ1) is 10.5. The van der Waals surface area contributed by atoms with Gasteiger partial charge in [-0.15, -0.1) is 5.10 Å². The molecule has 2 aromatic rings. The molecule has 0 bridgehead atoms. The molecule has 1 heterocycles. The van der Waals surface area contributed by atoms with Crippen LogP contribution in [0.4, 0.5) is 4.79 Å². The standard InChI is InChI=1S/C13H16N4O4S/c1-3-16(4-2)13(18)17-10-14-12(15-17)22(19,20)21-11-8-6-5-7-9-11/h5-10H,3-4H2,1-2H3. The zero-order valence-electron chi connectivity index (χ0n) is 12.2. The predicted octanol–water partition coefficient (Wildman–Crippen LogP) is 1.36. The van der Waals surface area contributed by atoms with E-state index in [4.69, 9.17) is 4.18 Å². The van der Waals surface area contributed by atoms with E-state index >= 15 is 0 Å². The number of nitrogens with zero attached hydrogens (tertiary/aromatic N) is 4. The highest BCUT2D eigenvalue weighted by molar-refractivity contribution is 7.86. The Balaban J connectivity index is 2.22. The first kappa shape index (κ1) is 16.0. The summed E-state index contributed by atoms with van der Waals surface area (Å²) in [5.41, 5.74) is 0. The molecule has 0 unspecified atom stereocenters. The molecule has 118 valence electrons. The van der Waals surface area contributed by atoms with Crippen molar-refractivity contribution in [2.24, 2.45) is 0 Å².